The van der Waals surface area contributed by atoms with Crippen LogP contribution in [0.2, 0.25) is 0 Å². The molecule has 5 rings (SSSR count). The second-order valence-electron chi connectivity index (χ2n) is 8.48. The second kappa shape index (κ2) is 8.63. The number of nitro groups is 1. The summed E-state index contributed by atoms with van der Waals surface area (Å²) in [6, 6.07) is 11.7. The molecule has 0 atom stereocenters. The highest BCUT2D eigenvalue weighted by atomic mass is 19.4. The van der Waals surface area contributed by atoms with E-state index in [4.69, 9.17) is 4.74 Å². The Kier molecular flexibility index (Phi) is 5.58. The molecule has 1 aliphatic carbocycles. The van der Waals surface area contributed by atoms with Gasteiger partial charge in [0, 0.05) is 23.7 Å². The molecule has 2 aromatic heterocycles. The molecule has 1 aliphatic rings. The smallest absolute Gasteiger partial charge is 0.433 e. The van der Waals surface area contributed by atoms with Gasteiger partial charge >= 0.3 is 6.18 Å². The van der Waals surface area contributed by atoms with Crippen LogP contribution in [-0.2, 0) is 6.18 Å². The van der Waals surface area contributed by atoms with E-state index in [1.54, 1.807) is 18.2 Å². The highest BCUT2D eigenvalue weighted by Gasteiger charge is 2.38. The number of carbonyl (C=O) groups excluding carboxylic acids is 1. The molecular weight excluding hydrogens is 479 g/mol. The Bertz CT molecular complexity index is 1510. The van der Waals surface area contributed by atoms with Crippen LogP contribution < -0.4 is 10.1 Å². The van der Waals surface area contributed by atoms with Gasteiger partial charge in [0.1, 0.15) is 22.8 Å². The molecule has 0 bridgehead atoms. The fourth-order valence-corrected chi connectivity index (χ4v) is 3.77. The Hall–Kier alpha value is -4.48. The van der Waals surface area contributed by atoms with Gasteiger partial charge in [0.15, 0.2) is 5.65 Å². The molecular formula is C24H18F3N5O4. The molecule has 4 aromatic rings. The molecule has 0 unspecified atom stereocenters. The first-order valence-electron chi connectivity index (χ1n) is 10.9. The average Bonchev–Trinajstić information content (AvgIpc) is 3.56. The van der Waals surface area contributed by atoms with Gasteiger partial charge < -0.3 is 10.1 Å². The lowest BCUT2D eigenvalue weighted by Gasteiger charge is -2.11. The molecule has 0 spiro atoms. The minimum absolute atomic E-state index is 0.0191. The lowest BCUT2D eigenvalue weighted by Crippen LogP contribution is -2.16. The first-order valence-corrected chi connectivity index (χ1v) is 10.9. The van der Waals surface area contributed by atoms with Crippen LogP contribution in [0.4, 0.5) is 24.5 Å². The molecule has 1 fully saturated rings. The van der Waals surface area contributed by atoms with Gasteiger partial charge in [-0.05, 0) is 43.5 Å². The number of nitrogens with one attached hydrogen (secondary N) is 1. The number of hydrogen-bond donors (Lipinski definition) is 1. The third-order valence-electron chi connectivity index (χ3n) is 5.61. The van der Waals surface area contributed by atoms with Crippen molar-refractivity contribution in [2.24, 2.45) is 0 Å². The maximum absolute atomic E-state index is 13.6. The zero-order valence-corrected chi connectivity index (χ0v) is 18.7. The van der Waals surface area contributed by atoms with Crippen molar-refractivity contribution in [3.8, 4) is 11.5 Å². The van der Waals surface area contributed by atoms with Crippen LogP contribution in [0, 0.1) is 17.0 Å². The molecule has 2 aromatic carbocycles. The first-order chi connectivity index (χ1) is 17.1. The number of anilines is 1. The van der Waals surface area contributed by atoms with Crippen molar-refractivity contribution in [1.29, 1.82) is 0 Å². The summed E-state index contributed by atoms with van der Waals surface area (Å²) >= 11 is 0. The molecule has 1 N–H and O–H groups in total. The molecule has 0 saturated heterocycles. The summed E-state index contributed by atoms with van der Waals surface area (Å²) in [5.74, 6) is -0.383. The van der Waals surface area contributed by atoms with Crippen molar-refractivity contribution in [1.82, 2.24) is 14.6 Å². The third kappa shape index (κ3) is 4.69. The van der Waals surface area contributed by atoms with Gasteiger partial charge in [0.2, 0.25) is 0 Å². The van der Waals surface area contributed by atoms with E-state index >= 15 is 0 Å². The van der Waals surface area contributed by atoms with Crippen LogP contribution >= 0.6 is 0 Å². The number of carbonyl (C=O) groups is 1. The van der Waals surface area contributed by atoms with Crippen LogP contribution in [-0.4, -0.2) is 25.4 Å². The van der Waals surface area contributed by atoms with E-state index in [0.717, 1.165) is 23.9 Å². The van der Waals surface area contributed by atoms with Crippen molar-refractivity contribution in [2.45, 2.75) is 31.9 Å². The number of aryl methyl sites for hydroxylation is 1. The van der Waals surface area contributed by atoms with E-state index in [9.17, 15) is 28.1 Å². The number of hydrogen-bond acceptors (Lipinski definition) is 6. The minimum atomic E-state index is -4.70. The zero-order valence-electron chi connectivity index (χ0n) is 18.7. The summed E-state index contributed by atoms with van der Waals surface area (Å²) in [6.07, 6.45) is -2.28. The van der Waals surface area contributed by atoms with Gasteiger partial charge in [0.25, 0.3) is 11.6 Å². The number of halogens is 3. The normalized spacial score (nSPS) is 13.6. The Morgan fingerprint density at radius 2 is 1.94 bits per heavy atom. The topological polar surface area (TPSA) is 112 Å². The second-order valence-corrected chi connectivity index (χ2v) is 8.48. The molecule has 12 heteroatoms. The lowest BCUT2D eigenvalue weighted by atomic mass is 10.2. The number of nitro benzene ring substituents is 1. The fraction of sp³-hybridized carbons (Fsp3) is 0.208. The molecule has 36 heavy (non-hydrogen) atoms. The summed E-state index contributed by atoms with van der Waals surface area (Å²) in [5, 5.41) is 17.7. The maximum Gasteiger partial charge on any atom is 0.433 e. The predicted molar refractivity (Wildman–Crippen MR) is 122 cm³/mol. The van der Waals surface area contributed by atoms with Crippen LogP contribution in [0.15, 0.2) is 54.7 Å². The largest absolute Gasteiger partial charge is 0.457 e. The first kappa shape index (κ1) is 23.3. The van der Waals surface area contributed by atoms with Gasteiger partial charge in [-0.15, -0.1) is 0 Å². The summed E-state index contributed by atoms with van der Waals surface area (Å²) in [7, 11) is 0. The number of nitrogens with zero attached hydrogens (tertiary/aromatic N) is 4. The Morgan fingerprint density at radius 1 is 1.17 bits per heavy atom. The third-order valence-corrected chi connectivity index (χ3v) is 5.61. The quantitative estimate of drug-likeness (QED) is 0.263. The monoisotopic (exact) mass is 497 g/mol. The molecule has 1 amide bonds. The number of rotatable bonds is 6. The van der Waals surface area contributed by atoms with Gasteiger partial charge in [-0.3, -0.25) is 14.9 Å². The van der Waals surface area contributed by atoms with Crippen molar-refractivity contribution < 1.29 is 27.6 Å². The van der Waals surface area contributed by atoms with E-state index in [2.05, 4.69) is 15.4 Å². The van der Waals surface area contributed by atoms with Crippen LogP contribution in [0.1, 0.15) is 46.1 Å². The number of non-ortho nitro benzene ring substituents is 1. The van der Waals surface area contributed by atoms with Crippen LogP contribution in [0.3, 0.4) is 0 Å². The van der Waals surface area contributed by atoms with Crippen molar-refractivity contribution >= 4 is 22.9 Å². The van der Waals surface area contributed by atoms with E-state index in [1.807, 2.05) is 13.0 Å². The number of amides is 1. The van der Waals surface area contributed by atoms with E-state index in [1.165, 1.54) is 12.1 Å². The van der Waals surface area contributed by atoms with E-state index < -0.39 is 22.7 Å². The number of benzene rings is 2. The zero-order chi connectivity index (χ0) is 25.6. The summed E-state index contributed by atoms with van der Waals surface area (Å²) in [5.41, 5.74) is -0.641. The fourth-order valence-electron chi connectivity index (χ4n) is 3.77. The minimum Gasteiger partial charge on any atom is -0.457 e. The average molecular weight is 497 g/mol. The van der Waals surface area contributed by atoms with Crippen molar-refractivity contribution in [3.05, 3.63) is 87.4 Å². The van der Waals surface area contributed by atoms with Crippen molar-refractivity contribution in [3.63, 3.8) is 0 Å². The SMILES string of the molecule is Cc1cccc(Oc2cc(NC(=O)c3cnn4c(C(F)(F)F)cc(C5CC5)nc34)cc([N+](=O)[O-])c2)c1. The van der Waals surface area contributed by atoms with Gasteiger partial charge in [-0.2, -0.15) is 18.3 Å². The summed E-state index contributed by atoms with van der Waals surface area (Å²) in [4.78, 5) is 28.1. The van der Waals surface area contributed by atoms with E-state index in [-0.39, 0.29) is 39.9 Å². The number of ether oxygens (including phenoxy) is 1. The molecule has 0 aliphatic heterocycles. The van der Waals surface area contributed by atoms with Gasteiger partial charge in [-0.25, -0.2) is 9.50 Å². The predicted octanol–water partition coefficient (Wildman–Crippen LogP) is 5.89. The van der Waals surface area contributed by atoms with Crippen LogP contribution in [0.25, 0.3) is 5.65 Å². The highest BCUT2D eigenvalue weighted by molar-refractivity contribution is 6.08. The van der Waals surface area contributed by atoms with Crippen LogP contribution in [0.5, 0.6) is 11.5 Å². The van der Waals surface area contributed by atoms with Crippen molar-refractivity contribution in [2.75, 3.05) is 5.32 Å². The summed E-state index contributed by atoms with van der Waals surface area (Å²) < 4.78 is 47.2. The molecule has 9 nitrogen and oxygen atoms in total. The number of fused-ring (bicyclic) bond motifs is 1. The Balaban J connectivity index is 1.50. The Morgan fingerprint density at radius 3 is 2.61 bits per heavy atom. The van der Waals surface area contributed by atoms with Gasteiger partial charge in [-0.1, -0.05) is 12.1 Å². The number of aromatic nitrogens is 3. The molecule has 0 radical (unpaired) electrons. The number of alkyl halides is 3. The standard InChI is InChI=1S/C24H18F3N5O4/c1-13-3-2-4-17(7-13)36-18-9-15(8-16(10-18)32(34)35)29-23(33)19-12-28-31-21(24(25,26)27)11-20(14-5-6-14)30-22(19)31/h2-4,7-12,14H,5-6H2,1H3,(H,29,33). The van der Waals surface area contributed by atoms with Gasteiger partial charge in [0.05, 0.1) is 22.9 Å². The molecule has 2 heterocycles. The maximum atomic E-state index is 13.6. The molecule has 184 valence electrons. The summed E-state index contributed by atoms with van der Waals surface area (Å²) in [6.45, 7) is 1.86. The molecule has 1 saturated carbocycles. The van der Waals surface area contributed by atoms with E-state index in [0.29, 0.717) is 23.1 Å². The highest BCUT2D eigenvalue weighted by Crippen LogP contribution is 2.41. The lowest BCUT2D eigenvalue weighted by molar-refractivity contribution is -0.384. The Labute approximate surface area is 201 Å².